The van der Waals surface area contributed by atoms with Gasteiger partial charge in [-0.25, -0.2) is 0 Å². The van der Waals surface area contributed by atoms with Crippen LogP contribution < -0.4 is 5.43 Å². The molecule has 0 aliphatic heterocycles. The number of halogens is 4. The Balaban J connectivity index is 2.16. The van der Waals surface area contributed by atoms with Crippen molar-refractivity contribution in [2.45, 2.75) is 13.1 Å². The lowest BCUT2D eigenvalue weighted by molar-refractivity contribution is -0.137. The summed E-state index contributed by atoms with van der Waals surface area (Å²) in [6, 6.07) is 10.6. The largest absolute Gasteiger partial charge is 0.416 e. The molecule has 0 bridgehead atoms. The van der Waals surface area contributed by atoms with E-state index < -0.39 is 11.7 Å². The molecule has 6 heteroatoms. The van der Waals surface area contributed by atoms with E-state index in [4.69, 9.17) is 11.6 Å². The minimum atomic E-state index is -4.42. The van der Waals surface area contributed by atoms with Gasteiger partial charge in [-0.05, 0) is 30.7 Å². The summed E-state index contributed by atoms with van der Waals surface area (Å²) in [5.41, 5.74) is 3.76. The second-order valence-corrected chi connectivity index (χ2v) is 4.88. The first-order valence-electron chi connectivity index (χ1n) is 6.09. The zero-order valence-electron chi connectivity index (χ0n) is 11.1. The summed E-state index contributed by atoms with van der Waals surface area (Å²) in [5.74, 6) is 0. The highest BCUT2D eigenvalue weighted by atomic mass is 35.5. The number of nitrogens with zero attached hydrogens (tertiary/aromatic N) is 1. The van der Waals surface area contributed by atoms with Gasteiger partial charge in [0.15, 0.2) is 0 Å². The van der Waals surface area contributed by atoms with Crippen LogP contribution >= 0.6 is 11.6 Å². The summed E-state index contributed by atoms with van der Waals surface area (Å²) in [6.07, 6.45) is -2.90. The van der Waals surface area contributed by atoms with Crippen molar-refractivity contribution in [2.24, 2.45) is 5.10 Å². The van der Waals surface area contributed by atoms with Gasteiger partial charge < -0.3 is 0 Å². The predicted octanol–water partition coefficient (Wildman–Crippen LogP) is 5.11. The summed E-state index contributed by atoms with van der Waals surface area (Å²) in [6.45, 7) is 1.94. The second-order valence-electron chi connectivity index (χ2n) is 4.48. The van der Waals surface area contributed by atoms with E-state index in [0.29, 0.717) is 0 Å². The maximum absolute atomic E-state index is 12.6. The topological polar surface area (TPSA) is 24.4 Å². The molecule has 0 aliphatic rings. The molecule has 0 saturated carbocycles. The minimum absolute atomic E-state index is 0.107. The number of hydrazone groups is 1. The van der Waals surface area contributed by atoms with E-state index in [9.17, 15) is 13.2 Å². The number of alkyl halides is 3. The van der Waals surface area contributed by atoms with Crippen LogP contribution in [0.15, 0.2) is 47.6 Å². The van der Waals surface area contributed by atoms with Gasteiger partial charge in [-0.1, -0.05) is 41.4 Å². The van der Waals surface area contributed by atoms with Crippen LogP contribution in [-0.2, 0) is 6.18 Å². The Morgan fingerprint density at radius 2 is 1.90 bits per heavy atom. The van der Waals surface area contributed by atoms with Crippen molar-refractivity contribution in [1.82, 2.24) is 0 Å². The van der Waals surface area contributed by atoms with Gasteiger partial charge >= 0.3 is 6.18 Å². The van der Waals surface area contributed by atoms with Crippen molar-refractivity contribution in [3.05, 3.63) is 64.2 Å². The molecule has 0 unspecified atom stereocenters. The smallest absolute Gasteiger partial charge is 0.277 e. The van der Waals surface area contributed by atoms with Gasteiger partial charge in [0.05, 0.1) is 22.5 Å². The van der Waals surface area contributed by atoms with Crippen molar-refractivity contribution >= 4 is 23.5 Å². The monoisotopic (exact) mass is 312 g/mol. The van der Waals surface area contributed by atoms with E-state index in [-0.39, 0.29) is 10.7 Å². The van der Waals surface area contributed by atoms with Crippen molar-refractivity contribution < 1.29 is 13.2 Å². The van der Waals surface area contributed by atoms with Crippen LogP contribution in [0.2, 0.25) is 5.02 Å². The highest BCUT2D eigenvalue weighted by molar-refractivity contribution is 6.33. The van der Waals surface area contributed by atoms with Gasteiger partial charge in [0.1, 0.15) is 0 Å². The maximum atomic E-state index is 12.6. The zero-order valence-corrected chi connectivity index (χ0v) is 11.8. The fourth-order valence-electron chi connectivity index (χ4n) is 1.71. The molecule has 0 saturated heterocycles. The Morgan fingerprint density at radius 3 is 2.57 bits per heavy atom. The van der Waals surface area contributed by atoms with Crippen LogP contribution in [0, 0.1) is 6.92 Å². The highest BCUT2D eigenvalue weighted by Gasteiger charge is 2.30. The molecular formula is C15H12ClF3N2. The number of aryl methyl sites for hydroxylation is 1. The van der Waals surface area contributed by atoms with E-state index in [0.717, 1.165) is 23.3 Å². The molecule has 2 nitrogen and oxygen atoms in total. The third-order valence-electron chi connectivity index (χ3n) is 2.73. The Hall–Kier alpha value is -2.01. The lowest BCUT2D eigenvalue weighted by Gasteiger charge is -2.09. The molecule has 0 aromatic heterocycles. The molecule has 2 aromatic carbocycles. The summed E-state index contributed by atoms with van der Waals surface area (Å²) in [5, 5.41) is 4.08. The van der Waals surface area contributed by atoms with E-state index >= 15 is 0 Å². The molecule has 0 heterocycles. The average Bonchev–Trinajstić information content (AvgIpc) is 2.39. The number of rotatable bonds is 3. The number of benzene rings is 2. The number of hydrogen-bond acceptors (Lipinski definition) is 2. The molecule has 0 aliphatic carbocycles. The molecule has 110 valence electrons. The Morgan fingerprint density at radius 1 is 1.14 bits per heavy atom. The van der Waals surface area contributed by atoms with E-state index in [1.54, 1.807) is 0 Å². The van der Waals surface area contributed by atoms with E-state index in [1.807, 2.05) is 31.2 Å². The Labute approximate surface area is 125 Å². The first-order valence-corrected chi connectivity index (χ1v) is 6.46. The van der Waals surface area contributed by atoms with Gasteiger partial charge in [0.2, 0.25) is 0 Å². The molecule has 21 heavy (non-hydrogen) atoms. The van der Waals surface area contributed by atoms with Crippen LogP contribution in [0.5, 0.6) is 0 Å². The van der Waals surface area contributed by atoms with Crippen LogP contribution in [0.4, 0.5) is 18.9 Å². The second kappa shape index (κ2) is 6.18. The standard InChI is InChI=1S/C15H12ClF3N2/c1-10-3-2-4-11(7-10)9-20-21-14-8-12(15(17,18)19)5-6-13(14)16/h2-9,21H,1H3. The van der Waals surface area contributed by atoms with Gasteiger partial charge in [0.25, 0.3) is 0 Å². The van der Waals surface area contributed by atoms with E-state index in [2.05, 4.69) is 10.5 Å². The molecule has 0 spiro atoms. The van der Waals surface area contributed by atoms with Gasteiger partial charge in [-0.15, -0.1) is 0 Å². The molecule has 0 atom stereocenters. The molecule has 2 rings (SSSR count). The number of hydrogen-bond donors (Lipinski definition) is 1. The molecule has 0 radical (unpaired) electrons. The highest BCUT2D eigenvalue weighted by Crippen LogP contribution is 2.33. The van der Waals surface area contributed by atoms with Crippen LogP contribution in [0.1, 0.15) is 16.7 Å². The minimum Gasteiger partial charge on any atom is -0.277 e. The van der Waals surface area contributed by atoms with Crippen molar-refractivity contribution in [1.29, 1.82) is 0 Å². The fraction of sp³-hybridized carbons (Fsp3) is 0.133. The van der Waals surface area contributed by atoms with Crippen LogP contribution in [-0.4, -0.2) is 6.21 Å². The first-order chi connectivity index (χ1) is 9.86. The van der Waals surface area contributed by atoms with Crippen molar-refractivity contribution in [3.8, 4) is 0 Å². The Kier molecular flexibility index (Phi) is 4.53. The Bertz CT molecular complexity index is 666. The normalized spacial score (nSPS) is 11.9. The number of anilines is 1. The maximum Gasteiger partial charge on any atom is 0.416 e. The van der Waals surface area contributed by atoms with Gasteiger partial charge in [-0.3, -0.25) is 5.43 Å². The zero-order chi connectivity index (χ0) is 15.5. The lowest BCUT2D eigenvalue weighted by atomic mass is 10.2. The molecular weight excluding hydrogens is 301 g/mol. The van der Waals surface area contributed by atoms with Crippen molar-refractivity contribution in [2.75, 3.05) is 5.43 Å². The molecule has 0 fully saturated rings. The first kappa shape index (κ1) is 15.4. The molecule has 1 N–H and O–H groups in total. The number of nitrogens with one attached hydrogen (secondary N) is 1. The predicted molar refractivity (Wildman–Crippen MR) is 78.8 cm³/mol. The van der Waals surface area contributed by atoms with Crippen LogP contribution in [0.3, 0.4) is 0 Å². The van der Waals surface area contributed by atoms with Crippen LogP contribution in [0.25, 0.3) is 0 Å². The lowest BCUT2D eigenvalue weighted by Crippen LogP contribution is -2.05. The SMILES string of the molecule is Cc1cccc(C=NNc2cc(C(F)(F)F)ccc2Cl)c1. The third-order valence-corrected chi connectivity index (χ3v) is 3.06. The van der Waals surface area contributed by atoms with Gasteiger partial charge in [0, 0.05) is 0 Å². The van der Waals surface area contributed by atoms with E-state index in [1.165, 1.54) is 12.3 Å². The molecule has 2 aromatic rings. The average molecular weight is 313 g/mol. The summed E-state index contributed by atoms with van der Waals surface area (Å²) < 4.78 is 37.9. The van der Waals surface area contributed by atoms with Gasteiger partial charge in [-0.2, -0.15) is 18.3 Å². The third kappa shape index (κ3) is 4.23. The summed E-state index contributed by atoms with van der Waals surface area (Å²) in [4.78, 5) is 0. The summed E-state index contributed by atoms with van der Waals surface area (Å²) >= 11 is 5.85. The summed E-state index contributed by atoms with van der Waals surface area (Å²) in [7, 11) is 0. The molecule has 0 amide bonds. The fourth-order valence-corrected chi connectivity index (χ4v) is 1.87. The van der Waals surface area contributed by atoms with Crippen molar-refractivity contribution in [3.63, 3.8) is 0 Å². The quantitative estimate of drug-likeness (QED) is 0.618.